The minimum absolute atomic E-state index is 0.0263. The number of ether oxygens (including phenoxy) is 2. The van der Waals surface area contributed by atoms with Crippen molar-refractivity contribution in [1.82, 2.24) is 0 Å². The fourth-order valence-electron chi connectivity index (χ4n) is 1.93. The van der Waals surface area contributed by atoms with Crippen LogP contribution in [0.1, 0.15) is 46.6 Å². The van der Waals surface area contributed by atoms with Crippen LogP contribution in [-0.4, -0.2) is 24.0 Å². The van der Waals surface area contributed by atoms with Gasteiger partial charge in [-0.1, -0.05) is 44.2 Å². The maximum atomic E-state index is 12.2. The number of carbonyl (C=O) groups excluding carboxylic acids is 2. The summed E-state index contributed by atoms with van der Waals surface area (Å²) in [6, 6.07) is 9.50. The van der Waals surface area contributed by atoms with Gasteiger partial charge in [0.05, 0.1) is 18.1 Å². The van der Waals surface area contributed by atoms with E-state index in [0.29, 0.717) is 6.61 Å². The van der Waals surface area contributed by atoms with Crippen LogP contribution in [0, 0.1) is 11.8 Å². The minimum atomic E-state index is -0.441. The summed E-state index contributed by atoms with van der Waals surface area (Å²) in [7, 11) is 0. The highest BCUT2D eigenvalue weighted by Gasteiger charge is 2.23. The van der Waals surface area contributed by atoms with E-state index in [2.05, 4.69) is 0 Å². The molecular weight excluding hydrogens is 292 g/mol. The highest BCUT2D eigenvalue weighted by molar-refractivity contribution is 5.85. The number of benzene rings is 1. The van der Waals surface area contributed by atoms with E-state index < -0.39 is 5.92 Å². The molecule has 128 valence electrons. The molecule has 0 radical (unpaired) electrons. The van der Waals surface area contributed by atoms with Crippen molar-refractivity contribution in [3.63, 3.8) is 0 Å². The van der Waals surface area contributed by atoms with Gasteiger partial charge in [-0.15, -0.1) is 0 Å². The molecule has 1 aromatic rings. The van der Waals surface area contributed by atoms with Crippen LogP contribution in [0.15, 0.2) is 30.3 Å². The number of ketones is 1. The first-order chi connectivity index (χ1) is 10.7. The van der Waals surface area contributed by atoms with Crippen LogP contribution in [0.2, 0.25) is 0 Å². The first-order valence-corrected chi connectivity index (χ1v) is 8.06. The molecule has 0 aliphatic carbocycles. The Morgan fingerprint density at radius 1 is 1.04 bits per heavy atom. The molecule has 0 N–H and O–H groups in total. The largest absolute Gasteiger partial charge is 0.461 e. The smallest absolute Gasteiger partial charge is 0.309 e. The van der Waals surface area contributed by atoms with E-state index in [9.17, 15) is 9.59 Å². The number of hydrogen-bond acceptors (Lipinski definition) is 4. The Kier molecular flexibility index (Phi) is 7.43. The van der Waals surface area contributed by atoms with Gasteiger partial charge in [-0.25, -0.2) is 0 Å². The van der Waals surface area contributed by atoms with E-state index in [-0.39, 0.29) is 36.3 Å². The second-order valence-corrected chi connectivity index (χ2v) is 6.99. The van der Waals surface area contributed by atoms with Crippen molar-refractivity contribution in [2.24, 2.45) is 11.8 Å². The van der Waals surface area contributed by atoms with Gasteiger partial charge in [0.25, 0.3) is 0 Å². The number of rotatable bonds is 8. The summed E-state index contributed by atoms with van der Waals surface area (Å²) in [6.07, 6.45) is 0.183. The molecule has 23 heavy (non-hydrogen) atoms. The average molecular weight is 320 g/mol. The van der Waals surface area contributed by atoms with E-state index in [0.717, 1.165) is 5.56 Å². The average Bonchev–Trinajstić information content (AvgIpc) is 2.50. The second-order valence-electron chi connectivity index (χ2n) is 6.99. The maximum Gasteiger partial charge on any atom is 0.309 e. The van der Waals surface area contributed by atoms with Crippen molar-refractivity contribution in [2.75, 3.05) is 6.61 Å². The molecule has 4 nitrogen and oxygen atoms in total. The zero-order chi connectivity index (χ0) is 17.5. The lowest BCUT2D eigenvalue weighted by molar-refractivity contribution is -0.151. The van der Waals surface area contributed by atoms with Crippen LogP contribution in [-0.2, 0) is 25.7 Å². The highest BCUT2D eigenvalue weighted by atomic mass is 16.5. The molecule has 0 saturated heterocycles. The first kappa shape index (κ1) is 19.4. The van der Waals surface area contributed by atoms with Crippen LogP contribution >= 0.6 is 0 Å². The Morgan fingerprint density at radius 2 is 1.65 bits per heavy atom. The predicted molar refractivity (Wildman–Crippen MR) is 89.9 cm³/mol. The number of carbonyl (C=O) groups is 2. The van der Waals surface area contributed by atoms with Crippen LogP contribution in [0.3, 0.4) is 0 Å². The van der Waals surface area contributed by atoms with Gasteiger partial charge in [-0.05, 0) is 26.3 Å². The Balaban J connectivity index is 2.37. The van der Waals surface area contributed by atoms with Gasteiger partial charge in [0.2, 0.25) is 0 Å². The molecule has 4 heteroatoms. The van der Waals surface area contributed by atoms with Gasteiger partial charge < -0.3 is 9.47 Å². The van der Waals surface area contributed by atoms with Crippen molar-refractivity contribution in [3.8, 4) is 0 Å². The minimum Gasteiger partial charge on any atom is -0.461 e. The fourth-order valence-corrected chi connectivity index (χ4v) is 1.93. The molecule has 0 heterocycles. The van der Waals surface area contributed by atoms with Gasteiger partial charge in [0, 0.05) is 12.3 Å². The molecule has 0 aromatic heterocycles. The first-order valence-electron chi connectivity index (χ1n) is 8.06. The van der Waals surface area contributed by atoms with Crippen molar-refractivity contribution >= 4 is 11.8 Å². The summed E-state index contributed by atoms with van der Waals surface area (Å²) >= 11 is 0. The summed E-state index contributed by atoms with van der Waals surface area (Å²) in [5.74, 6) is -0.980. The molecule has 0 saturated carbocycles. The number of hydrogen-bond donors (Lipinski definition) is 0. The van der Waals surface area contributed by atoms with Gasteiger partial charge >= 0.3 is 5.97 Å². The zero-order valence-corrected chi connectivity index (χ0v) is 14.8. The number of Topliss-reactive ketones (excluding diaryl/α,β-unsaturated/α-hetero) is 1. The van der Waals surface area contributed by atoms with Crippen molar-refractivity contribution in [3.05, 3.63) is 35.9 Å². The molecule has 0 amide bonds. The maximum absolute atomic E-state index is 12.2. The van der Waals surface area contributed by atoms with Crippen LogP contribution in [0.4, 0.5) is 0 Å². The summed E-state index contributed by atoms with van der Waals surface area (Å²) in [6.45, 7) is 10.0. The summed E-state index contributed by atoms with van der Waals surface area (Å²) in [5, 5.41) is 0. The summed E-state index contributed by atoms with van der Waals surface area (Å²) < 4.78 is 10.9. The van der Waals surface area contributed by atoms with Crippen molar-refractivity contribution in [1.29, 1.82) is 0 Å². The van der Waals surface area contributed by atoms with Gasteiger partial charge in [0.1, 0.15) is 12.4 Å². The lowest BCUT2D eigenvalue weighted by Crippen LogP contribution is -2.28. The Morgan fingerprint density at radius 3 is 2.22 bits per heavy atom. The van der Waals surface area contributed by atoms with E-state index in [1.54, 1.807) is 6.92 Å². The Labute approximate surface area is 139 Å². The van der Waals surface area contributed by atoms with Gasteiger partial charge in [0.15, 0.2) is 0 Å². The van der Waals surface area contributed by atoms with Crippen LogP contribution in [0.5, 0.6) is 0 Å². The van der Waals surface area contributed by atoms with Crippen molar-refractivity contribution in [2.45, 2.75) is 53.2 Å². The van der Waals surface area contributed by atoms with Crippen molar-refractivity contribution < 1.29 is 19.1 Å². The molecule has 0 aliphatic rings. The van der Waals surface area contributed by atoms with E-state index in [1.807, 2.05) is 58.0 Å². The number of esters is 1. The summed E-state index contributed by atoms with van der Waals surface area (Å²) in [5.41, 5.74) is 0.667. The SMILES string of the molecule is C[C@H](CC(=O)[C@@H](C)COC(C)(C)C)C(=O)OCc1ccccc1. The molecule has 1 aromatic carbocycles. The third kappa shape index (κ3) is 7.93. The third-order valence-corrected chi connectivity index (χ3v) is 3.45. The Bertz CT molecular complexity index is 502. The third-order valence-electron chi connectivity index (χ3n) is 3.45. The van der Waals surface area contributed by atoms with Gasteiger partial charge in [-0.3, -0.25) is 9.59 Å². The standard InChI is InChI=1S/C19H28O4/c1-14(11-17(20)15(2)12-23-19(3,4)5)18(21)22-13-16-9-7-6-8-10-16/h6-10,14-15H,11-13H2,1-5H3/t14-,15+/m1/s1. The topological polar surface area (TPSA) is 52.6 Å². The highest BCUT2D eigenvalue weighted by Crippen LogP contribution is 2.15. The molecule has 0 spiro atoms. The predicted octanol–water partition coefficient (Wildman–Crippen LogP) is 3.78. The lowest BCUT2D eigenvalue weighted by Gasteiger charge is -2.22. The zero-order valence-electron chi connectivity index (χ0n) is 14.8. The quantitative estimate of drug-likeness (QED) is 0.684. The lowest BCUT2D eigenvalue weighted by atomic mass is 9.97. The fraction of sp³-hybridized carbons (Fsp3) is 0.579. The van der Waals surface area contributed by atoms with Gasteiger partial charge in [-0.2, -0.15) is 0 Å². The molecule has 0 fully saturated rings. The molecule has 0 unspecified atom stereocenters. The molecule has 0 aliphatic heterocycles. The second kappa shape index (κ2) is 8.82. The molecule has 0 bridgehead atoms. The van der Waals surface area contributed by atoms with E-state index in [1.165, 1.54) is 0 Å². The van der Waals surface area contributed by atoms with E-state index >= 15 is 0 Å². The monoisotopic (exact) mass is 320 g/mol. The van der Waals surface area contributed by atoms with Crippen LogP contribution < -0.4 is 0 Å². The van der Waals surface area contributed by atoms with E-state index in [4.69, 9.17) is 9.47 Å². The molecule has 1 rings (SSSR count). The summed E-state index contributed by atoms with van der Waals surface area (Å²) in [4.78, 5) is 24.1. The Hall–Kier alpha value is -1.68. The normalized spacial score (nSPS) is 14.1. The molecule has 2 atom stereocenters. The van der Waals surface area contributed by atoms with Crippen LogP contribution in [0.25, 0.3) is 0 Å². The molecular formula is C19H28O4.